The number of nitrogens with one attached hydrogen (secondary N) is 1. The van der Waals surface area contributed by atoms with Crippen LogP contribution in [0.15, 0.2) is 4.99 Å². The van der Waals surface area contributed by atoms with Gasteiger partial charge in [-0.05, 0) is 19.8 Å². The third-order valence-corrected chi connectivity index (χ3v) is 3.95. The summed E-state index contributed by atoms with van der Waals surface area (Å²) in [4.78, 5) is 6.05. The molecule has 1 aliphatic rings. The molecular weight excluding hydrogens is 228 g/mol. The number of guanidine groups is 1. The van der Waals surface area contributed by atoms with Gasteiger partial charge < -0.3 is 10.6 Å². The van der Waals surface area contributed by atoms with Crippen molar-refractivity contribution in [3.63, 3.8) is 0 Å². The van der Waals surface area contributed by atoms with Gasteiger partial charge in [-0.25, -0.2) is 13.1 Å². The Kier molecular flexibility index (Phi) is 4.55. The summed E-state index contributed by atoms with van der Waals surface area (Å²) >= 11 is 0. The summed E-state index contributed by atoms with van der Waals surface area (Å²) in [5.41, 5.74) is 5.74. The van der Waals surface area contributed by atoms with Crippen molar-refractivity contribution in [1.82, 2.24) is 9.62 Å². The SMILES string of the molecule is CCS(=O)(=O)NCCN=C(N)N(C)C1CC1. The van der Waals surface area contributed by atoms with Crippen LogP contribution < -0.4 is 10.5 Å². The first-order valence-corrected chi connectivity index (χ1v) is 7.11. The molecule has 6 nitrogen and oxygen atoms in total. The van der Waals surface area contributed by atoms with E-state index in [0.717, 1.165) is 12.8 Å². The van der Waals surface area contributed by atoms with Crippen molar-refractivity contribution < 1.29 is 8.42 Å². The molecule has 1 fully saturated rings. The first kappa shape index (κ1) is 13.2. The van der Waals surface area contributed by atoms with Gasteiger partial charge in [0.25, 0.3) is 0 Å². The number of rotatable bonds is 6. The molecule has 0 aromatic carbocycles. The van der Waals surface area contributed by atoms with E-state index < -0.39 is 10.0 Å². The van der Waals surface area contributed by atoms with Gasteiger partial charge in [0.15, 0.2) is 5.96 Å². The normalized spacial score (nSPS) is 17.5. The van der Waals surface area contributed by atoms with E-state index in [-0.39, 0.29) is 5.75 Å². The van der Waals surface area contributed by atoms with Gasteiger partial charge in [-0.1, -0.05) is 0 Å². The average molecular weight is 248 g/mol. The molecule has 94 valence electrons. The molecule has 0 aliphatic heterocycles. The van der Waals surface area contributed by atoms with Crippen LogP contribution in [-0.4, -0.2) is 51.2 Å². The number of hydrogen-bond donors (Lipinski definition) is 2. The maximum absolute atomic E-state index is 11.1. The zero-order valence-corrected chi connectivity index (χ0v) is 10.6. The molecule has 1 aliphatic carbocycles. The molecule has 7 heteroatoms. The van der Waals surface area contributed by atoms with E-state index in [2.05, 4.69) is 9.71 Å². The maximum atomic E-state index is 11.1. The van der Waals surface area contributed by atoms with Gasteiger partial charge in [0.1, 0.15) is 0 Å². The Morgan fingerprint density at radius 2 is 2.19 bits per heavy atom. The van der Waals surface area contributed by atoms with Gasteiger partial charge >= 0.3 is 0 Å². The van der Waals surface area contributed by atoms with Crippen molar-refractivity contribution in [3.8, 4) is 0 Å². The third kappa shape index (κ3) is 4.36. The van der Waals surface area contributed by atoms with Gasteiger partial charge in [0.05, 0.1) is 12.3 Å². The number of nitrogens with two attached hydrogens (primary N) is 1. The fraction of sp³-hybridized carbons (Fsp3) is 0.889. The van der Waals surface area contributed by atoms with Crippen molar-refractivity contribution in [1.29, 1.82) is 0 Å². The van der Waals surface area contributed by atoms with Crippen molar-refractivity contribution in [2.45, 2.75) is 25.8 Å². The third-order valence-electron chi connectivity index (χ3n) is 2.54. The standard InChI is InChI=1S/C9H20N4O2S/c1-3-16(14,15)12-7-6-11-9(10)13(2)8-4-5-8/h8,12H,3-7H2,1-2H3,(H2,10,11). The lowest BCUT2D eigenvalue weighted by atomic mass is 10.6. The van der Waals surface area contributed by atoms with Crippen molar-refractivity contribution in [3.05, 3.63) is 0 Å². The molecule has 16 heavy (non-hydrogen) atoms. The molecule has 0 spiro atoms. The Balaban J connectivity index is 2.25. The summed E-state index contributed by atoms with van der Waals surface area (Å²) in [7, 11) is -1.21. The molecule has 0 aromatic rings. The highest BCUT2D eigenvalue weighted by atomic mass is 32.2. The molecule has 1 saturated carbocycles. The summed E-state index contributed by atoms with van der Waals surface area (Å²) in [5.74, 6) is 0.576. The highest BCUT2D eigenvalue weighted by Crippen LogP contribution is 2.24. The van der Waals surface area contributed by atoms with Crippen molar-refractivity contribution >= 4 is 16.0 Å². The lowest BCUT2D eigenvalue weighted by molar-refractivity contribution is 0.487. The number of hydrogen-bond acceptors (Lipinski definition) is 3. The van der Waals surface area contributed by atoms with Crippen molar-refractivity contribution in [2.24, 2.45) is 10.7 Å². The molecular formula is C9H20N4O2S. The minimum atomic E-state index is -3.12. The van der Waals surface area contributed by atoms with Crippen LogP contribution in [0.4, 0.5) is 0 Å². The number of sulfonamides is 1. The smallest absolute Gasteiger partial charge is 0.211 e. The topological polar surface area (TPSA) is 87.8 Å². The molecule has 0 unspecified atom stereocenters. The first-order valence-electron chi connectivity index (χ1n) is 5.46. The molecule has 1 rings (SSSR count). The minimum absolute atomic E-state index is 0.0914. The molecule has 0 atom stereocenters. The average Bonchev–Trinajstić information content (AvgIpc) is 3.06. The Hall–Kier alpha value is -0.820. The van der Waals surface area contributed by atoms with E-state index in [0.29, 0.717) is 25.1 Å². The predicted octanol–water partition coefficient (Wildman–Crippen LogP) is -0.665. The van der Waals surface area contributed by atoms with Crippen LogP contribution >= 0.6 is 0 Å². The fourth-order valence-corrected chi connectivity index (χ4v) is 1.84. The van der Waals surface area contributed by atoms with Gasteiger partial charge in [0.2, 0.25) is 10.0 Å². The summed E-state index contributed by atoms with van der Waals surface area (Å²) in [6.07, 6.45) is 2.32. The van der Waals surface area contributed by atoms with Crippen LogP contribution in [0.3, 0.4) is 0 Å². The van der Waals surface area contributed by atoms with Gasteiger partial charge in [0, 0.05) is 19.6 Å². The monoisotopic (exact) mass is 248 g/mol. The predicted molar refractivity (Wildman–Crippen MR) is 64.7 cm³/mol. The molecule has 0 amide bonds. The van der Waals surface area contributed by atoms with Gasteiger partial charge in [-0.2, -0.15) is 0 Å². The van der Waals surface area contributed by atoms with Crippen LogP contribution in [0.2, 0.25) is 0 Å². The zero-order chi connectivity index (χ0) is 12.2. The molecule has 0 heterocycles. The number of aliphatic imine (C=N–C) groups is 1. The van der Waals surface area contributed by atoms with Crippen LogP contribution in [0, 0.1) is 0 Å². The maximum Gasteiger partial charge on any atom is 0.211 e. The van der Waals surface area contributed by atoms with Crippen LogP contribution in [0.1, 0.15) is 19.8 Å². The highest BCUT2D eigenvalue weighted by Gasteiger charge is 2.27. The second kappa shape index (κ2) is 5.49. The van der Waals surface area contributed by atoms with Gasteiger partial charge in [-0.15, -0.1) is 0 Å². The zero-order valence-electron chi connectivity index (χ0n) is 9.81. The van der Waals surface area contributed by atoms with E-state index >= 15 is 0 Å². The summed E-state index contributed by atoms with van der Waals surface area (Å²) in [5, 5.41) is 0. The minimum Gasteiger partial charge on any atom is -0.370 e. The second-order valence-corrected chi connectivity index (χ2v) is 5.98. The molecule has 3 N–H and O–H groups in total. The largest absolute Gasteiger partial charge is 0.370 e. The van der Waals surface area contributed by atoms with E-state index in [4.69, 9.17) is 5.73 Å². The van der Waals surface area contributed by atoms with E-state index in [1.165, 1.54) is 0 Å². The lowest BCUT2D eigenvalue weighted by Crippen LogP contribution is -2.36. The van der Waals surface area contributed by atoms with Crippen LogP contribution in [-0.2, 0) is 10.0 Å². The first-order chi connectivity index (χ1) is 7.46. The number of nitrogens with zero attached hydrogens (tertiary/aromatic N) is 2. The molecule has 0 radical (unpaired) electrons. The Morgan fingerprint density at radius 3 is 2.69 bits per heavy atom. The quantitative estimate of drug-likeness (QED) is 0.371. The fourth-order valence-electron chi connectivity index (χ4n) is 1.23. The van der Waals surface area contributed by atoms with E-state index in [1.807, 2.05) is 11.9 Å². The van der Waals surface area contributed by atoms with E-state index in [1.54, 1.807) is 6.92 Å². The molecule has 0 bridgehead atoms. The van der Waals surface area contributed by atoms with Crippen LogP contribution in [0.25, 0.3) is 0 Å². The molecule has 0 saturated heterocycles. The van der Waals surface area contributed by atoms with Crippen molar-refractivity contribution in [2.75, 3.05) is 25.9 Å². The second-order valence-electron chi connectivity index (χ2n) is 3.88. The Bertz CT molecular complexity index is 349. The lowest BCUT2D eigenvalue weighted by Gasteiger charge is -2.16. The Labute approximate surface area is 97.0 Å². The summed E-state index contributed by atoms with van der Waals surface area (Å²) in [6, 6.07) is 0.524. The molecule has 0 aromatic heterocycles. The summed E-state index contributed by atoms with van der Waals surface area (Å²) in [6.45, 7) is 2.28. The highest BCUT2D eigenvalue weighted by molar-refractivity contribution is 7.89. The van der Waals surface area contributed by atoms with E-state index in [9.17, 15) is 8.42 Å². The Morgan fingerprint density at radius 1 is 1.56 bits per heavy atom. The van der Waals surface area contributed by atoms with Crippen LogP contribution in [0.5, 0.6) is 0 Å². The van der Waals surface area contributed by atoms with Gasteiger partial charge in [-0.3, -0.25) is 4.99 Å². The summed E-state index contributed by atoms with van der Waals surface area (Å²) < 4.78 is 24.6.